The van der Waals surface area contributed by atoms with Crippen molar-refractivity contribution in [2.45, 2.75) is 4.34 Å². The van der Waals surface area contributed by atoms with Crippen LogP contribution in [0.4, 0.5) is 0 Å². The lowest BCUT2D eigenvalue weighted by Gasteiger charge is -2.26. The third-order valence-electron chi connectivity index (χ3n) is 3.09. The van der Waals surface area contributed by atoms with E-state index in [1.807, 2.05) is 0 Å². The van der Waals surface area contributed by atoms with Gasteiger partial charge < -0.3 is 14.8 Å². The molecule has 0 unspecified atom stereocenters. The Morgan fingerprint density at radius 2 is 2.30 bits per heavy atom. The van der Waals surface area contributed by atoms with E-state index in [0.717, 1.165) is 42.9 Å². The number of hydrogen-bond acceptors (Lipinski definition) is 7. The van der Waals surface area contributed by atoms with E-state index in [2.05, 4.69) is 14.9 Å². The summed E-state index contributed by atoms with van der Waals surface area (Å²) in [5, 5.41) is 9.71. The number of nitrogens with one attached hydrogen (secondary N) is 1. The average Bonchev–Trinajstić information content (AvgIpc) is 2.83. The minimum Gasteiger partial charge on any atom is -0.506 e. The van der Waals surface area contributed by atoms with E-state index in [-0.39, 0.29) is 11.3 Å². The number of hydrogen-bond donors (Lipinski definition) is 2. The van der Waals surface area contributed by atoms with Gasteiger partial charge in [-0.2, -0.15) is 0 Å². The SMILES string of the molecule is O=c1cc(O)c2sc(SCCN3CCOCC3)nc2[nH]1. The van der Waals surface area contributed by atoms with Crippen LogP contribution in [0, 0.1) is 0 Å². The number of aromatic nitrogens is 2. The van der Waals surface area contributed by atoms with Crippen LogP contribution in [0.5, 0.6) is 5.75 Å². The highest BCUT2D eigenvalue weighted by Crippen LogP contribution is 2.32. The molecule has 8 heteroatoms. The van der Waals surface area contributed by atoms with Gasteiger partial charge in [-0.3, -0.25) is 9.69 Å². The molecule has 1 saturated heterocycles. The zero-order chi connectivity index (χ0) is 13.9. The summed E-state index contributed by atoms with van der Waals surface area (Å²) >= 11 is 3.05. The Labute approximate surface area is 123 Å². The van der Waals surface area contributed by atoms with Gasteiger partial charge in [-0.1, -0.05) is 11.8 Å². The molecule has 0 amide bonds. The van der Waals surface area contributed by atoms with Gasteiger partial charge >= 0.3 is 0 Å². The fourth-order valence-electron chi connectivity index (χ4n) is 2.05. The maximum atomic E-state index is 11.3. The lowest BCUT2D eigenvalue weighted by atomic mass is 10.4. The first kappa shape index (κ1) is 13.9. The summed E-state index contributed by atoms with van der Waals surface area (Å²) in [4.78, 5) is 20.6. The molecule has 0 radical (unpaired) electrons. The van der Waals surface area contributed by atoms with Crippen molar-refractivity contribution in [2.24, 2.45) is 0 Å². The largest absolute Gasteiger partial charge is 0.506 e. The number of aromatic amines is 1. The lowest BCUT2D eigenvalue weighted by molar-refractivity contribution is 0.0410. The number of morpholine rings is 1. The number of nitrogens with zero attached hydrogens (tertiary/aromatic N) is 2. The molecule has 20 heavy (non-hydrogen) atoms. The average molecular weight is 313 g/mol. The summed E-state index contributed by atoms with van der Waals surface area (Å²) in [6.45, 7) is 4.57. The highest BCUT2D eigenvalue weighted by molar-refractivity contribution is 8.01. The maximum absolute atomic E-state index is 11.3. The van der Waals surface area contributed by atoms with Crippen molar-refractivity contribution >= 4 is 33.4 Å². The Kier molecular flexibility index (Phi) is 4.25. The van der Waals surface area contributed by atoms with E-state index in [4.69, 9.17) is 4.74 Å². The molecule has 0 aromatic carbocycles. The Morgan fingerprint density at radius 3 is 3.10 bits per heavy atom. The second kappa shape index (κ2) is 6.13. The second-order valence-electron chi connectivity index (χ2n) is 4.48. The third-order valence-corrected chi connectivity index (χ3v) is 5.29. The van der Waals surface area contributed by atoms with Gasteiger partial charge in [0.05, 0.1) is 13.2 Å². The first-order chi connectivity index (χ1) is 9.72. The van der Waals surface area contributed by atoms with E-state index in [1.54, 1.807) is 11.8 Å². The molecule has 2 N–H and O–H groups in total. The van der Waals surface area contributed by atoms with Gasteiger partial charge in [-0.25, -0.2) is 4.98 Å². The van der Waals surface area contributed by atoms with Crippen LogP contribution < -0.4 is 5.56 Å². The molecule has 6 nitrogen and oxygen atoms in total. The predicted molar refractivity (Wildman–Crippen MR) is 79.9 cm³/mol. The molecule has 0 aliphatic carbocycles. The Bertz CT molecular complexity index is 649. The zero-order valence-corrected chi connectivity index (χ0v) is 12.4. The molecule has 1 fully saturated rings. The van der Waals surface area contributed by atoms with Gasteiger partial charge in [0.1, 0.15) is 10.4 Å². The Balaban J connectivity index is 1.63. The van der Waals surface area contributed by atoms with Crippen molar-refractivity contribution in [3.8, 4) is 5.75 Å². The molecule has 2 aromatic heterocycles. The highest BCUT2D eigenvalue weighted by Gasteiger charge is 2.12. The van der Waals surface area contributed by atoms with Crippen LogP contribution in [-0.2, 0) is 4.74 Å². The second-order valence-corrected chi connectivity index (χ2v) is 6.82. The summed E-state index contributed by atoms with van der Waals surface area (Å²) in [5.74, 6) is 0.937. The fraction of sp³-hybridized carbons (Fsp3) is 0.500. The summed E-state index contributed by atoms with van der Waals surface area (Å²) < 4.78 is 6.81. The van der Waals surface area contributed by atoms with Crippen molar-refractivity contribution in [3.05, 3.63) is 16.4 Å². The van der Waals surface area contributed by atoms with Gasteiger partial charge in [0.15, 0.2) is 9.99 Å². The first-order valence-corrected chi connectivity index (χ1v) is 8.18. The van der Waals surface area contributed by atoms with Crippen LogP contribution in [0.1, 0.15) is 0 Å². The van der Waals surface area contributed by atoms with Crippen LogP contribution in [0.25, 0.3) is 10.3 Å². The molecule has 108 valence electrons. The molecule has 1 aliphatic heterocycles. The van der Waals surface area contributed by atoms with Crippen LogP contribution in [0.3, 0.4) is 0 Å². The predicted octanol–water partition coefficient (Wildman–Crippen LogP) is 1.11. The van der Waals surface area contributed by atoms with Crippen molar-refractivity contribution < 1.29 is 9.84 Å². The highest BCUT2D eigenvalue weighted by atomic mass is 32.2. The van der Waals surface area contributed by atoms with E-state index >= 15 is 0 Å². The van der Waals surface area contributed by atoms with E-state index in [9.17, 15) is 9.90 Å². The van der Waals surface area contributed by atoms with Gasteiger partial charge in [0.2, 0.25) is 0 Å². The summed E-state index contributed by atoms with van der Waals surface area (Å²) in [6.07, 6.45) is 0. The van der Waals surface area contributed by atoms with E-state index < -0.39 is 0 Å². The quantitative estimate of drug-likeness (QED) is 0.824. The number of pyridine rings is 1. The Morgan fingerprint density at radius 1 is 1.50 bits per heavy atom. The van der Waals surface area contributed by atoms with Crippen molar-refractivity contribution in [3.63, 3.8) is 0 Å². The monoisotopic (exact) mass is 313 g/mol. The van der Waals surface area contributed by atoms with E-state index in [0.29, 0.717) is 10.3 Å². The molecular weight excluding hydrogens is 298 g/mol. The standard InChI is InChI=1S/C12H15N3O3S2/c16-8-7-9(17)13-11-10(8)20-12(14-11)19-6-3-15-1-4-18-5-2-15/h7H,1-6H2,(H2,13,16,17). The third kappa shape index (κ3) is 3.14. The summed E-state index contributed by atoms with van der Waals surface area (Å²) in [6, 6.07) is 1.18. The smallest absolute Gasteiger partial charge is 0.253 e. The topological polar surface area (TPSA) is 78.4 Å². The number of fused-ring (bicyclic) bond motifs is 1. The number of rotatable bonds is 4. The molecule has 0 bridgehead atoms. The molecule has 3 heterocycles. The van der Waals surface area contributed by atoms with Crippen molar-refractivity contribution in [2.75, 3.05) is 38.6 Å². The lowest BCUT2D eigenvalue weighted by Crippen LogP contribution is -2.37. The number of ether oxygens (including phenoxy) is 1. The zero-order valence-electron chi connectivity index (χ0n) is 10.8. The molecule has 3 rings (SSSR count). The number of thiazole rings is 1. The number of aromatic hydroxyl groups is 1. The normalized spacial score (nSPS) is 16.8. The summed E-state index contributed by atoms with van der Waals surface area (Å²) in [7, 11) is 0. The van der Waals surface area contributed by atoms with Gasteiger partial charge in [0.25, 0.3) is 5.56 Å². The summed E-state index contributed by atoms with van der Waals surface area (Å²) in [5.41, 5.74) is 0.138. The molecular formula is C12H15N3O3S2. The molecule has 0 saturated carbocycles. The number of H-pyrrole nitrogens is 1. The van der Waals surface area contributed by atoms with Crippen LogP contribution in [0.2, 0.25) is 0 Å². The maximum Gasteiger partial charge on any atom is 0.253 e. The molecule has 2 aromatic rings. The molecule has 1 aliphatic rings. The minimum absolute atomic E-state index is 0.00118. The molecule has 0 atom stereocenters. The van der Waals surface area contributed by atoms with E-state index in [1.165, 1.54) is 17.4 Å². The van der Waals surface area contributed by atoms with Crippen molar-refractivity contribution in [1.82, 2.24) is 14.9 Å². The van der Waals surface area contributed by atoms with Crippen LogP contribution >= 0.6 is 23.1 Å². The Hall–Kier alpha value is -1.09. The minimum atomic E-state index is -0.329. The number of thioether (sulfide) groups is 1. The van der Waals surface area contributed by atoms with Gasteiger partial charge in [0, 0.05) is 31.5 Å². The van der Waals surface area contributed by atoms with Crippen LogP contribution in [0.15, 0.2) is 15.2 Å². The van der Waals surface area contributed by atoms with Gasteiger partial charge in [-0.05, 0) is 0 Å². The first-order valence-electron chi connectivity index (χ1n) is 6.38. The van der Waals surface area contributed by atoms with Gasteiger partial charge in [-0.15, -0.1) is 11.3 Å². The molecule has 0 spiro atoms. The van der Waals surface area contributed by atoms with Crippen molar-refractivity contribution in [1.29, 1.82) is 0 Å². The fourth-order valence-corrected chi connectivity index (χ4v) is 4.13. The van der Waals surface area contributed by atoms with Crippen LogP contribution in [-0.4, -0.2) is 58.6 Å².